The highest BCUT2D eigenvalue weighted by atomic mass is 15.1. The van der Waals surface area contributed by atoms with Crippen molar-refractivity contribution in [3.63, 3.8) is 0 Å². The lowest BCUT2D eigenvalue weighted by Gasteiger charge is -2.26. The number of imidazole rings is 1. The standard InChI is InChI=1S/C51H35N5/c1-4-15-38(16-5-1)48-49(53-46-24-11-10-23-45(46)52-48)39-28-26-36(27-29-39)37-30-32-43(33-31-37)56(42-20-8-3-9-21-42)44-22-14-19-41(35-44)50-51(40-17-6-2-7-18-40)55-34-13-12-25-47(55)54-50/h1-35H. The van der Waals surface area contributed by atoms with E-state index in [-0.39, 0.29) is 0 Å². The molecule has 5 nitrogen and oxygen atoms in total. The van der Waals surface area contributed by atoms with Gasteiger partial charge in [-0.25, -0.2) is 15.0 Å². The molecule has 0 N–H and O–H groups in total. The predicted molar refractivity (Wildman–Crippen MR) is 230 cm³/mol. The van der Waals surface area contributed by atoms with Gasteiger partial charge in [0.2, 0.25) is 0 Å². The number of rotatable bonds is 8. The van der Waals surface area contributed by atoms with Crippen molar-refractivity contribution in [3.8, 4) is 56.2 Å². The Morgan fingerprint density at radius 2 is 0.804 bits per heavy atom. The predicted octanol–water partition coefficient (Wildman–Crippen LogP) is 13.1. The Morgan fingerprint density at radius 3 is 1.46 bits per heavy atom. The van der Waals surface area contributed by atoms with E-state index in [2.05, 4.69) is 167 Å². The van der Waals surface area contributed by atoms with Gasteiger partial charge in [0, 0.05) is 45.5 Å². The fraction of sp³-hybridized carbons (Fsp3) is 0. The van der Waals surface area contributed by atoms with Crippen LogP contribution in [0.3, 0.4) is 0 Å². The molecule has 56 heavy (non-hydrogen) atoms. The van der Waals surface area contributed by atoms with Gasteiger partial charge in [0.15, 0.2) is 0 Å². The maximum absolute atomic E-state index is 5.15. The molecular weight excluding hydrogens is 683 g/mol. The summed E-state index contributed by atoms with van der Waals surface area (Å²) in [5, 5.41) is 0. The van der Waals surface area contributed by atoms with Crippen molar-refractivity contribution in [1.29, 1.82) is 0 Å². The molecule has 5 heteroatoms. The summed E-state index contributed by atoms with van der Waals surface area (Å²) in [5.41, 5.74) is 16.1. The first-order valence-electron chi connectivity index (χ1n) is 18.8. The van der Waals surface area contributed by atoms with Crippen LogP contribution in [0.1, 0.15) is 0 Å². The lowest BCUT2D eigenvalue weighted by Crippen LogP contribution is -2.09. The van der Waals surface area contributed by atoms with Crippen LogP contribution in [-0.2, 0) is 0 Å². The number of pyridine rings is 1. The second-order valence-electron chi connectivity index (χ2n) is 13.7. The van der Waals surface area contributed by atoms with Crippen molar-refractivity contribution >= 4 is 33.7 Å². The molecule has 0 unspecified atom stereocenters. The summed E-state index contributed by atoms with van der Waals surface area (Å²) in [5.74, 6) is 0. The number of fused-ring (bicyclic) bond motifs is 2. The highest BCUT2D eigenvalue weighted by Gasteiger charge is 2.19. The average Bonchev–Trinajstić information content (AvgIpc) is 3.67. The van der Waals surface area contributed by atoms with Crippen LogP contribution in [0.4, 0.5) is 17.1 Å². The molecule has 3 heterocycles. The summed E-state index contributed by atoms with van der Waals surface area (Å²) in [4.78, 5) is 17.6. The third kappa shape index (κ3) is 6.17. The molecule has 10 rings (SSSR count). The van der Waals surface area contributed by atoms with E-state index in [1.54, 1.807) is 0 Å². The number of hydrogen-bond donors (Lipinski definition) is 0. The topological polar surface area (TPSA) is 46.3 Å². The normalized spacial score (nSPS) is 11.2. The molecule has 10 aromatic rings. The Bertz CT molecular complexity index is 2940. The molecule has 264 valence electrons. The molecule has 3 aromatic heterocycles. The second-order valence-corrected chi connectivity index (χ2v) is 13.7. The first-order valence-corrected chi connectivity index (χ1v) is 18.8. The third-order valence-corrected chi connectivity index (χ3v) is 10.2. The summed E-state index contributed by atoms with van der Waals surface area (Å²) >= 11 is 0. The minimum Gasteiger partial charge on any atom is -0.310 e. The number of benzene rings is 7. The number of nitrogens with zero attached hydrogens (tertiary/aromatic N) is 5. The van der Waals surface area contributed by atoms with Crippen LogP contribution in [0.2, 0.25) is 0 Å². The largest absolute Gasteiger partial charge is 0.310 e. The van der Waals surface area contributed by atoms with Crippen LogP contribution >= 0.6 is 0 Å². The van der Waals surface area contributed by atoms with Gasteiger partial charge in [-0.1, -0.05) is 146 Å². The number of anilines is 3. The van der Waals surface area contributed by atoms with Crippen molar-refractivity contribution in [2.24, 2.45) is 0 Å². The Labute approximate surface area is 325 Å². The molecule has 0 amide bonds. The van der Waals surface area contributed by atoms with Gasteiger partial charge in [-0.2, -0.15) is 0 Å². The van der Waals surface area contributed by atoms with Crippen LogP contribution in [0, 0.1) is 0 Å². The second kappa shape index (κ2) is 14.3. The van der Waals surface area contributed by atoms with Gasteiger partial charge in [0.1, 0.15) is 5.65 Å². The lowest BCUT2D eigenvalue weighted by molar-refractivity contribution is 1.19. The maximum Gasteiger partial charge on any atom is 0.137 e. The van der Waals surface area contributed by atoms with Gasteiger partial charge in [0.25, 0.3) is 0 Å². The van der Waals surface area contributed by atoms with E-state index in [1.165, 1.54) is 0 Å². The molecule has 0 aliphatic rings. The number of para-hydroxylation sites is 3. The Hall–Kier alpha value is -7.63. The minimum atomic E-state index is 0.872. The number of hydrogen-bond acceptors (Lipinski definition) is 4. The minimum absolute atomic E-state index is 0.872. The van der Waals surface area contributed by atoms with Gasteiger partial charge >= 0.3 is 0 Å². The molecule has 0 bridgehead atoms. The van der Waals surface area contributed by atoms with Crippen LogP contribution in [0.15, 0.2) is 212 Å². The van der Waals surface area contributed by atoms with Crippen molar-refractivity contribution in [1.82, 2.24) is 19.4 Å². The molecule has 7 aromatic carbocycles. The van der Waals surface area contributed by atoms with Crippen LogP contribution in [0.25, 0.3) is 72.8 Å². The van der Waals surface area contributed by atoms with E-state index < -0.39 is 0 Å². The van der Waals surface area contributed by atoms with Crippen LogP contribution in [0.5, 0.6) is 0 Å². The van der Waals surface area contributed by atoms with Gasteiger partial charge in [-0.05, 0) is 71.8 Å². The van der Waals surface area contributed by atoms with Gasteiger partial charge in [0.05, 0.1) is 33.8 Å². The van der Waals surface area contributed by atoms with Crippen molar-refractivity contribution in [2.45, 2.75) is 0 Å². The zero-order chi connectivity index (χ0) is 37.3. The quantitative estimate of drug-likeness (QED) is 0.157. The number of aromatic nitrogens is 4. The molecule has 0 aliphatic heterocycles. The van der Waals surface area contributed by atoms with Gasteiger partial charge < -0.3 is 4.90 Å². The zero-order valence-electron chi connectivity index (χ0n) is 30.4. The van der Waals surface area contributed by atoms with Gasteiger partial charge in [-0.15, -0.1) is 0 Å². The van der Waals surface area contributed by atoms with E-state index in [0.29, 0.717) is 0 Å². The summed E-state index contributed by atoms with van der Waals surface area (Å²) in [6.07, 6.45) is 2.09. The summed E-state index contributed by atoms with van der Waals surface area (Å²) in [6, 6.07) is 71.7. The van der Waals surface area contributed by atoms with Crippen molar-refractivity contribution in [3.05, 3.63) is 212 Å². The van der Waals surface area contributed by atoms with Crippen molar-refractivity contribution in [2.75, 3.05) is 4.90 Å². The highest BCUT2D eigenvalue weighted by molar-refractivity contribution is 5.88. The van der Waals surface area contributed by atoms with Crippen molar-refractivity contribution < 1.29 is 0 Å². The first-order chi connectivity index (χ1) is 27.8. The molecular formula is C51H35N5. The molecule has 0 radical (unpaired) electrons. The Balaban J connectivity index is 1.00. The summed E-state index contributed by atoms with van der Waals surface area (Å²) in [6.45, 7) is 0. The summed E-state index contributed by atoms with van der Waals surface area (Å²) in [7, 11) is 0. The van der Waals surface area contributed by atoms with E-state index >= 15 is 0 Å². The highest BCUT2D eigenvalue weighted by Crippen LogP contribution is 2.40. The lowest BCUT2D eigenvalue weighted by atomic mass is 9.99. The van der Waals surface area contributed by atoms with Gasteiger partial charge in [-0.3, -0.25) is 4.40 Å². The zero-order valence-corrected chi connectivity index (χ0v) is 30.4. The fourth-order valence-electron chi connectivity index (χ4n) is 7.51. The first kappa shape index (κ1) is 33.0. The SMILES string of the molecule is c1ccc(-c2nc3ccccc3nc2-c2ccc(-c3ccc(N(c4ccccc4)c4cccc(-c5nc6ccccn6c5-c5ccccc5)c4)cc3)cc2)cc1. The molecule has 0 saturated carbocycles. The average molecular weight is 718 g/mol. The fourth-order valence-corrected chi connectivity index (χ4v) is 7.51. The molecule has 0 atom stereocenters. The summed E-state index contributed by atoms with van der Waals surface area (Å²) < 4.78 is 2.18. The van der Waals surface area contributed by atoms with Crippen LogP contribution < -0.4 is 4.90 Å². The molecule has 0 fully saturated rings. The monoisotopic (exact) mass is 717 g/mol. The third-order valence-electron chi connectivity index (χ3n) is 10.2. The van der Waals surface area contributed by atoms with E-state index in [0.717, 1.165) is 89.9 Å². The Morgan fingerprint density at radius 1 is 0.321 bits per heavy atom. The smallest absolute Gasteiger partial charge is 0.137 e. The Kier molecular flexibility index (Phi) is 8.43. The molecule has 0 saturated heterocycles. The molecule has 0 aliphatic carbocycles. The van der Waals surface area contributed by atoms with E-state index in [1.807, 2.05) is 54.6 Å². The van der Waals surface area contributed by atoms with E-state index in [4.69, 9.17) is 15.0 Å². The van der Waals surface area contributed by atoms with Crippen LogP contribution in [-0.4, -0.2) is 19.4 Å². The van der Waals surface area contributed by atoms with E-state index in [9.17, 15) is 0 Å². The maximum atomic E-state index is 5.15. The molecule has 0 spiro atoms.